The first-order valence-corrected chi connectivity index (χ1v) is 16.8. The van der Waals surface area contributed by atoms with Gasteiger partial charge in [0.15, 0.2) is 0 Å². The molecule has 0 radical (unpaired) electrons. The minimum Gasteiger partial charge on any atom is -0.310 e. The summed E-state index contributed by atoms with van der Waals surface area (Å²) in [6.45, 7) is 0. The highest BCUT2D eigenvalue weighted by molar-refractivity contribution is 6.19. The Hall–Kier alpha value is -6.44. The second-order valence-electron chi connectivity index (χ2n) is 12.6. The van der Waals surface area contributed by atoms with Crippen LogP contribution in [0.25, 0.3) is 65.7 Å². The molecule has 0 spiro atoms. The van der Waals surface area contributed by atoms with Gasteiger partial charge < -0.3 is 4.90 Å². The maximum Gasteiger partial charge on any atom is 0.0467 e. The molecule has 0 aliphatic rings. The molecule has 0 saturated heterocycles. The van der Waals surface area contributed by atoms with E-state index < -0.39 is 0 Å². The summed E-state index contributed by atoms with van der Waals surface area (Å²) >= 11 is 0. The van der Waals surface area contributed by atoms with E-state index in [0.717, 1.165) is 17.1 Å². The van der Waals surface area contributed by atoms with Gasteiger partial charge in [0.05, 0.1) is 0 Å². The Morgan fingerprint density at radius 2 is 0.755 bits per heavy atom. The molecular weight excluding hydrogens is 591 g/mol. The van der Waals surface area contributed by atoms with Crippen molar-refractivity contribution in [2.45, 2.75) is 0 Å². The van der Waals surface area contributed by atoms with Crippen molar-refractivity contribution in [3.63, 3.8) is 0 Å². The molecule has 0 heterocycles. The van der Waals surface area contributed by atoms with Crippen molar-refractivity contribution in [1.29, 1.82) is 0 Å². The van der Waals surface area contributed by atoms with E-state index in [2.05, 4.69) is 205 Å². The summed E-state index contributed by atoms with van der Waals surface area (Å²) in [5.74, 6) is 0. The lowest BCUT2D eigenvalue weighted by Crippen LogP contribution is -2.09. The summed E-state index contributed by atoms with van der Waals surface area (Å²) in [6, 6.07) is 72.3. The maximum absolute atomic E-state index is 2.35. The number of anilines is 3. The standard InChI is InChI=1S/C48H33N/c1-3-12-34(13-4-1)37-15-9-16-38(32-37)35-24-27-41(28-25-35)49(40-18-5-2-6-19-40)42-20-10-17-39(33-42)44-22-11-23-45-47(44)31-30-46-43-21-8-7-14-36(43)26-29-48(45)46/h1-33H. The number of benzene rings is 9. The number of hydrogen-bond donors (Lipinski definition) is 0. The van der Waals surface area contributed by atoms with Gasteiger partial charge in [0.2, 0.25) is 0 Å². The summed E-state index contributed by atoms with van der Waals surface area (Å²) < 4.78 is 0. The maximum atomic E-state index is 2.35. The van der Waals surface area contributed by atoms with Crippen molar-refractivity contribution in [2.24, 2.45) is 0 Å². The molecule has 0 fully saturated rings. The number of fused-ring (bicyclic) bond motifs is 5. The molecule has 0 aliphatic carbocycles. The molecule has 9 aromatic carbocycles. The minimum atomic E-state index is 1.11. The van der Waals surface area contributed by atoms with Crippen LogP contribution in [-0.2, 0) is 0 Å². The lowest BCUT2D eigenvalue weighted by Gasteiger charge is -2.26. The second-order valence-corrected chi connectivity index (χ2v) is 12.6. The summed E-state index contributed by atoms with van der Waals surface area (Å²) in [6.07, 6.45) is 0. The third kappa shape index (κ3) is 5.32. The van der Waals surface area contributed by atoms with Gasteiger partial charge in [0.25, 0.3) is 0 Å². The zero-order valence-electron chi connectivity index (χ0n) is 27.0. The second kappa shape index (κ2) is 12.3. The average molecular weight is 624 g/mol. The van der Waals surface area contributed by atoms with Crippen LogP contribution in [0.2, 0.25) is 0 Å². The van der Waals surface area contributed by atoms with Crippen molar-refractivity contribution in [3.05, 3.63) is 200 Å². The molecule has 230 valence electrons. The fraction of sp³-hybridized carbons (Fsp3) is 0. The van der Waals surface area contributed by atoms with Crippen molar-refractivity contribution >= 4 is 49.4 Å². The van der Waals surface area contributed by atoms with Crippen molar-refractivity contribution in [1.82, 2.24) is 0 Å². The van der Waals surface area contributed by atoms with E-state index in [-0.39, 0.29) is 0 Å². The minimum absolute atomic E-state index is 1.11. The monoisotopic (exact) mass is 623 g/mol. The third-order valence-corrected chi connectivity index (χ3v) is 9.64. The fourth-order valence-electron chi connectivity index (χ4n) is 7.26. The van der Waals surface area contributed by atoms with E-state index in [1.807, 2.05) is 0 Å². The lowest BCUT2D eigenvalue weighted by molar-refractivity contribution is 1.28. The number of para-hydroxylation sites is 1. The topological polar surface area (TPSA) is 3.24 Å². The van der Waals surface area contributed by atoms with Crippen LogP contribution in [0.15, 0.2) is 200 Å². The van der Waals surface area contributed by atoms with Crippen LogP contribution in [0.1, 0.15) is 0 Å². The summed E-state index contributed by atoms with van der Waals surface area (Å²) in [7, 11) is 0. The summed E-state index contributed by atoms with van der Waals surface area (Å²) in [5.41, 5.74) is 10.6. The molecule has 9 aromatic rings. The normalized spacial score (nSPS) is 11.3. The summed E-state index contributed by atoms with van der Waals surface area (Å²) in [5, 5.41) is 7.68. The van der Waals surface area contributed by atoms with Gasteiger partial charge in [0, 0.05) is 17.1 Å². The van der Waals surface area contributed by atoms with Crippen molar-refractivity contribution in [2.75, 3.05) is 4.90 Å². The quantitative estimate of drug-likeness (QED) is 0.167. The van der Waals surface area contributed by atoms with Crippen LogP contribution in [0.5, 0.6) is 0 Å². The van der Waals surface area contributed by atoms with Crippen LogP contribution in [0.4, 0.5) is 17.1 Å². The molecule has 1 heteroatoms. The molecular formula is C48H33N. The van der Waals surface area contributed by atoms with Crippen molar-refractivity contribution < 1.29 is 0 Å². The van der Waals surface area contributed by atoms with Gasteiger partial charge in [-0.25, -0.2) is 0 Å². The first-order valence-electron chi connectivity index (χ1n) is 16.8. The Labute approximate surface area is 287 Å². The van der Waals surface area contributed by atoms with Gasteiger partial charge in [-0.05, 0) is 108 Å². The lowest BCUT2D eigenvalue weighted by atomic mass is 9.92. The molecule has 1 nitrogen and oxygen atoms in total. The zero-order chi connectivity index (χ0) is 32.6. The molecule has 0 aliphatic heterocycles. The molecule has 9 rings (SSSR count). The van der Waals surface area contributed by atoms with E-state index in [4.69, 9.17) is 0 Å². The Morgan fingerprint density at radius 1 is 0.245 bits per heavy atom. The van der Waals surface area contributed by atoms with Gasteiger partial charge in [0.1, 0.15) is 0 Å². The van der Waals surface area contributed by atoms with E-state index in [1.54, 1.807) is 0 Å². The van der Waals surface area contributed by atoms with Gasteiger partial charge >= 0.3 is 0 Å². The first-order chi connectivity index (χ1) is 24.3. The Kier molecular flexibility index (Phi) is 7.22. The van der Waals surface area contributed by atoms with Gasteiger partial charge in [-0.15, -0.1) is 0 Å². The SMILES string of the molecule is c1ccc(-c2cccc(-c3ccc(N(c4ccccc4)c4cccc(-c5cccc6c5ccc5c7ccccc7ccc65)c4)cc3)c2)cc1. The smallest absolute Gasteiger partial charge is 0.0467 e. The number of hydrogen-bond acceptors (Lipinski definition) is 1. The Morgan fingerprint density at radius 3 is 1.57 bits per heavy atom. The molecule has 0 unspecified atom stereocenters. The number of nitrogens with zero attached hydrogens (tertiary/aromatic N) is 1. The number of rotatable bonds is 6. The molecule has 0 saturated carbocycles. The van der Waals surface area contributed by atoms with Crippen LogP contribution in [-0.4, -0.2) is 0 Å². The van der Waals surface area contributed by atoms with Crippen LogP contribution < -0.4 is 4.90 Å². The van der Waals surface area contributed by atoms with Crippen LogP contribution in [0.3, 0.4) is 0 Å². The van der Waals surface area contributed by atoms with Gasteiger partial charge in [-0.1, -0.05) is 158 Å². The highest BCUT2D eigenvalue weighted by Crippen LogP contribution is 2.40. The fourth-order valence-corrected chi connectivity index (χ4v) is 7.26. The van der Waals surface area contributed by atoms with Crippen LogP contribution in [0, 0.1) is 0 Å². The van der Waals surface area contributed by atoms with Crippen molar-refractivity contribution in [3.8, 4) is 33.4 Å². The van der Waals surface area contributed by atoms with Crippen LogP contribution >= 0.6 is 0 Å². The molecule has 0 atom stereocenters. The van der Waals surface area contributed by atoms with E-state index in [0.29, 0.717) is 0 Å². The highest BCUT2D eigenvalue weighted by atomic mass is 15.1. The third-order valence-electron chi connectivity index (χ3n) is 9.64. The molecule has 49 heavy (non-hydrogen) atoms. The zero-order valence-corrected chi connectivity index (χ0v) is 27.0. The Bertz CT molecular complexity index is 2590. The predicted octanol–water partition coefficient (Wildman–Crippen LogP) is 13.6. The largest absolute Gasteiger partial charge is 0.310 e. The Balaban J connectivity index is 1.12. The highest BCUT2D eigenvalue weighted by Gasteiger charge is 2.15. The van der Waals surface area contributed by atoms with Gasteiger partial charge in [-0.2, -0.15) is 0 Å². The van der Waals surface area contributed by atoms with E-state index >= 15 is 0 Å². The van der Waals surface area contributed by atoms with E-state index in [1.165, 1.54) is 65.7 Å². The molecule has 0 aromatic heterocycles. The summed E-state index contributed by atoms with van der Waals surface area (Å²) in [4.78, 5) is 2.35. The van der Waals surface area contributed by atoms with Gasteiger partial charge in [-0.3, -0.25) is 0 Å². The first kappa shape index (κ1) is 28.8. The molecule has 0 amide bonds. The molecule has 0 bridgehead atoms. The average Bonchev–Trinajstić information content (AvgIpc) is 3.19. The predicted molar refractivity (Wildman–Crippen MR) is 210 cm³/mol. The van der Waals surface area contributed by atoms with E-state index in [9.17, 15) is 0 Å². The molecule has 0 N–H and O–H groups in total.